The van der Waals surface area contributed by atoms with Crippen molar-refractivity contribution in [3.63, 3.8) is 0 Å². The van der Waals surface area contributed by atoms with Gasteiger partial charge in [0.25, 0.3) is 0 Å². The van der Waals surface area contributed by atoms with E-state index in [1.54, 1.807) is 12.1 Å². The summed E-state index contributed by atoms with van der Waals surface area (Å²) in [6, 6.07) is 3.27. The number of ether oxygens (including phenoxy) is 1. The van der Waals surface area contributed by atoms with Crippen LogP contribution < -0.4 is 15.4 Å². The van der Waals surface area contributed by atoms with E-state index in [1.165, 1.54) is 13.2 Å². The van der Waals surface area contributed by atoms with Gasteiger partial charge >= 0.3 is 12.0 Å². The number of benzene rings is 1. The predicted octanol–water partition coefficient (Wildman–Crippen LogP) is 3.11. The number of halogens is 1. The third kappa shape index (κ3) is 5.51. The molecule has 0 aliphatic carbocycles. The first-order valence-corrected chi connectivity index (χ1v) is 6.99. The highest BCUT2D eigenvalue weighted by molar-refractivity contribution is 6.32. The van der Waals surface area contributed by atoms with Crippen LogP contribution in [0.3, 0.4) is 0 Å². The van der Waals surface area contributed by atoms with E-state index >= 15 is 0 Å². The number of carboxylic acids is 1. The van der Waals surface area contributed by atoms with Crippen molar-refractivity contribution in [2.24, 2.45) is 0 Å². The molecule has 0 aliphatic heterocycles. The molecule has 116 valence electrons. The van der Waals surface area contributed by atoms with Gasteiger partial charge in [0.05, 0.1) is 12.1 Å². The Morgan fingerprint density at radius 2 is 2.14 bits per heavy atom. The van der Waals surface area contributed by atoms with Crippen molar-refractivity contribution < 1.29 is 19.4 Å². The minimum absolute atomic E-state index is 0.357. The SMILES string of the molecule is CCCC[C@H](NC(=O)Nc1ccc(OC)c(Cl)c1)C(=O)O. The normalized spacial score (nSPS) is 11.6. The van der Waals surface area contributed by atoms with Gasteiger partial charge in [-0.2, -0.15) is 0 Å². The molecule has 0 aliphatic rings. The van der Waals surface area contributed by atoms with Crippen molar-refractivity contribution in [1.82, 2.24) is 5.32 Å². The monoisotopic (exact) mass is 314 g/mol. The molecule has 3 N–H and O–H groups in total. The molecular weight excluding hydrogens is 296 g/mol. The average Bonchev–Trinajstić information content (AvgIpc) is 2.43. The number of hydrogen-bond donors (Lipinski definition) is 3. The van der Waals surface area contributed by atoms with Crippen molar-refractivity contribution in [3.05, 3.63) is 23.2 Å². The lowest BCUT2D eigenvalue weighted by atomic mass is 10.1. The fraction of sp³-hybridized carbons (Fsp3) is 0.429. The van der Waals surface area contributed by atoms with E-state index in [4.69, 9.17) is 21.4 Å². The smallest absolute Gasteiger partial charge is 0.326 e. The summed E-state index contributed by atoms with van der Waals surface area (Å²) in [6.45, 7) is 1.96. The van der Waals surface area contributed by atoms with Crippen LogP contribution in [-0.4, -0.2) is 30.3 Å². The Hall–Kier alpha value is -1.95. The average molecular weight is 315 g/mol. The molecule has 0 radical (unpaired) electrons. The van der Waals surface area contributed by atoms with Crippen LogP contribution in [0.4, 0.5) is 10.5 Å². The maximum Gasteiger partial charge on any atom is 0.326 e. The molecule has 0 aromatic heterocycles. The molecule has 2 amide bonds. The number of hydrogen-bond acceptors (Lipinski definition) is 3. The molecule has 0 saturated heterocycles. The van der Waals surface area contributed by atoms with Gasteiger partial charge in [-0.05, 0) is 24.6 Å². The van der Waals surface area contributed by atoms with Crippen LogP contribution in [0.5, 0.6) is 5.75 Å². The fourth-order valence-electron chi connectivity index (χ4n) is 1.74. The van der Waals surface area contributed by atoms with Crippen LogP contribution in [0, 0.1) is 0 Å². The highest BCUT2D eigenvalue weighted by atomic mass is 35.5. The first-order valence-electron chi connectivity index (χ1n) is 6.61. The Balaban J connectivity index is 2.63. The van der Waals surface area contributed by atoms with Gasteiger partial charge in [-0.3, -0.25) is 0 Å². The molecule has 1 atom stereocenters. The van der Waals surface area contributed by atoms with Gasteiger partial charge in [-0.1, -0.05) is 31.4 Å². The summed E-state index contributed by atoms with van der Waals surface area (Å²) >= 11 is 5.95. The lowest BCUT2D eigenvalue weighted by molar-refractivity contribution is -0.139. The fourth-order valence-corrected chi connectivity index (χ4v) is 1.99. The number of aliphatic carboxylic acids is 1. The Morgan fingerprint density at radius 3 is 2.67 bits per heavy atom. The summed E-state index contributed by atoms with van der Waals surface area (Å²) in [5, 5.41) is 14.4. The van der Waals surface area contributed by atoms with Crippen molar-refractivity contribution >= 4 is 29.3 Å². The molecule has 0 fully saturated rings. The molecule has 7 heteroatoms. The van der Waals surface area contributed by atoms with E-state index in [0.717, 1.165) is 12.8 Å². The quantitative estimate of drug-likeness (QED) is 0.721. The molecule has 6 nitrogen and oxygen atoms in total. The van der Waals surface area contributed by atoms with Crippen LogP contribution in [0.1, 0.15) is 26.2 Å². The predicted molar refractivity (Wildman–Crippen MR) is 81.1 cm³/mol. The molecule has 1 aromatic carbocycles. The first kappa shape index (κ1) is 17.1. The molecular formula is C14H19ClN2O4. The molecule has 0 bridgehead atoms. The van der Waals surface area contributed by atoms with Crippen molar-refractivity contribution in [1.29, 1.82) is 0 Å². The molecule has 0 heterocycles. The number of anilines is 1. The minimum atomic E-state index is -1.05. The van der Waals surface area contributed by atoms with Crippen LogP contribution in [0.2, 0.25) is 5.02 Å². The molecule has 1 aromatic rings. The highest BCUT2D eigenvalue weighted by Crippen LogP contribution is 2.27. The Kier molecular flexibility index (Phi) is 6.81. The number of carbonyl (C=O) groups is 2. The topological polar surface area (TPSA) is 87.7 Å². The van der Waals surface area contributed by atoms with E-state index in [9.17, 15) is 9.59 Å². The zero-order valence-electron chi connectivity index (χ0n) is 12.0. The van der Waals surface area contributed by atoms with E-state index in [0.29, 0.717) is 22.9 Å². The maximum absolute atomic E-state index is 11.8. The second-order valence-corrected chi connectivity index (χ2v) is 4.89. The van der Waals surface area contributed by atoms with Gasteiger partial charge in [0.2, 0.25) is 0 Å². The number of carbonyl (C=O) groups excluding carboxylic acids is 1. The summed E-state index contributed by atoms with van der Waals surface area (Å²) in [7, 11) is 1.49. The van der Waals surface area contributed by atoms with Gasteiger partial charge < -0.3 is 20.5 Å². The lowest BCUT2D eigenvalue weighted by Gasteiger charge is -2.15. The van der Waals surface area contributed by atoms with Crippen LogP contribution >= 0.6 is 11.6 Å². The van der Waals surface area contributed by atoms with E-state index in [2.05, 4.69) is 10.6 Å². The van der Waals surface area contributed by atoms with Crippen LogP contribution in [-0.2, 0) is 4.79 Å². The van der Waals surface area contributed by atoms with Crippen LogP contribution in [0.15, 0.2) is 18.2 Å². The Morgan fingerprint density at radius 1 is 1.43 bits per heavy atom. The van der Waals surface area contributed by atoms with Crippen molar-refractivity contribution in [3.8, 4) is 5.75 Å². The molecule has 1 rings (SSSR count). The number of urea groups is 1. The minimum Gasteiger partial charge on any atom is -0.495 e. The zero-order valence-corrected chi connectivity index (χ0v) is 12.7. The third-order valence-electron chi connectivity index (χ3n) is 2.86. The number of methoxy groups -OCH3 is 1. The molecule has 0 unspecified atom stereocenters. The van der Waals surface area contributed by atoms with Crippen molar-refractivity contribution in [2.45, 2.75) is 32.2 Å². The van der Waals surface area contributed by atoms with Gasteiger partial charge in [-0.25, -0.2) is 9.59 Å². The number of amides is 2. The van der Waals surface area contributed by atoms with Gasteiger partial charge in [0.1, 0.15) is 11.8 Å². The summed E-state index contributed by atoms with van der Waals surface area (Å²) in [6.07, 6.45) is 1.98. The highest BCUT2D eigenvalue weighted by Gasteiger charge is 2.19. The Labute approximate surface area is 128 Å². The standard InChI is InChI=1S/C14H19ClN2O4/c1-3-4-5-11(13(18)19)17-14(20)16-9-6-7-12(21-2)10(15)8-9/h6-8,11H,3-5H2,1-2H3,(H,18,19)(H2,16,17,20)/t11-/m0/s1. The number of rotatable bonds is 7. The summed E-state index contributed by atoms with van der Waals surface area (Å²) in [4.78, 5) is 22.8. The van der Waals surface area contributed by atoms with Gasteiger partial charge in [-0.15, -0.1) is 0 Å². The second-order valence-electron chi connectivity index (χ2n) is 4.48. The van der Waals surface area contributed by atoms with E-state index < -0.39 is 18.0 Å². The molecule has 21 heavy (non-hydrogen) atoms. The first-order chi connectivity index (χ1) is 9.97. The summed E-state index contributed by atoms with van der Waals surface area (Å²) in [5.41, 5.74) is 0.456. The van der Waals surface area contributed by atoms with E-state index in [1.807, 2.05) is 6.92 Å². The lowest BCUT2D eigenvalue weighted by Crippen LogP contribution is -2.42. The number of nitrogens with one attached hydrogen (secondary N) is 2. The summed E-state index contributed by atoms with van der Waals surface area (Å²) in [5.74, 6) is -0.555. The molecule has 0 spiro atoms. The number of carboxylic acid groups (broad SMARTS) is 1. The summed E-state index contributed by atoms with van der Waals surface area (Å²) < 4.78 is 5.01. The van der Waals surface area contributed by atoms with Gasteiger partial charge in [0.15, 0.2) is 0 Å². The third-order valence-corrected chi connectivity index (χ3v) is 3.15. The largest absolute Gasteiger partial charge is 0.495 e. The van der Waals surface area contributed by atoms with Crippen molar-refractivity contribution in [2.75, 3.05) is 12.4 Å². The zero-order chi connectivity index (χ0) is 15.8. The van der Waals surface area contributed by atoms with Gasteiger partial charge in [0, 0.05) is 5.69 Å². The molecule has 0 saturated carbocycles. The maximum atomic E-state index is 11.8. The second kappa shape index (κ2) is 8.36. The van der Waals surface area contributed by atoms with E-state index in [-0.39, 0.29) is 0 Å². The Bertz CT molecular complexity index is 508. The van der Waals surface area contributed by atoms with Crippen LogP contribution in [0.25, 0.3) is 0 Å². The number of unbranched alkanes of at least 4 members (excludes halogenated alkanes) is 1.